The average Bonchev–Trinajstić information content (AvgIpc) is 1.84. The van der Waals surface area contributed by atoms with Crippen molar-refractivity contribution in [3.05, 3.63) is 0 Å². The van der Waals surface area contributed by atoms with Crippen LogP contribution < -0.4 is 0 Å². The number of rotatable bonds is 3. The van der Waals surface area contributed by atoms with E-state index in [1.54, 1.807) is 0 Å². The molecule has 0 fully saturated rings. The maximum atomic E-state index is 9.77. The van der Waals surface area contributed by atoms with Gasteiger partial charge in [0.1, 0.15) is 0 Å². The molecule has 0 aromatic heterocycles. The molecule has 0 radical (unpaired) electrons. The molecule has 68 valence electrons. The minimum atomic E-state index is -2.27. The van der Waals surface area contributed by atoms with Crippen LogP contribution in [0.25, 0.3) is 0 Å². The number of hydrogen-bond donors (Lipinski definition) is 4. The fourth-order valence-corrected chi connectivity index (χ4v) is 0.270. The molecule has 0 aliphatic carbocycles. The molecule has 8 heteroatoms. The Morgan fingerprint density at radius 2 is 1.08 bits per heavy atom. The van der Waals surface area contributed by atoms with Crippen molar-refractivity contribution in [2.75, 3.05) is 0 Å². The zero-order chi connectivity index (χ0) is 8.31. The van der Waals surface area contributed by atoms with Crippen LogP contribution in [0.3, 0.4) is 0 Å². The molecule has 0 heterocycles. The first kappa shape index (κ1) is 18.1. The molecule has 0 aromatic rings. The average molecular weight is 283 g/mol. The molecule has 0 rings (SSSR count). The molecular weight excluding hydrogens is 273 g/mol. The van der Waals surface area contributed by atoms with E-state index in [4.69, 9.17) is 20.4 Å². The molecule has 2 atom stereocenters. The van der Waals surface area contributed by atoms with E-state index in [0.717, 1.165) is 0 Å². The fraction of sp³-hybridized carbons (Fsp3) is 0.500. The molecule has 12 heavy (non-hydrogen) atoms. The van der Waals surface area contributed by atoms with Gasteiger partial charge in [-0.2, -0.15) is 0 Å². The summed E-state index contributed by atoms with van der Waals surface area (Å²) in [7, 11) is 0. The van der Waals surface area contributed by atoms with Crippen molar-refractivity contribution in [1.82, 2.24) is 0 Å². The van der Waals surface area contributed by atoms with Crippen molar-refractivity contribution < 1.29 is 30.0 Å². The number of carboxylic acids is 2. The molecule has 0 aromatic carbocycles. The summed E-state index contributed by atoms with van der Waals surface area (Å²) in [5, 5.41) is 32.5. The molecule has 0 amide bonds. The molecule has 0 aliphatic rings. The molecule has 0 spiro atoms. The Hall–Kier alpha value is 0.276. The Morgan fingerprint density at radius 1 is 0.917 bits per heavy atom. The molecule has 2 unspecified atom stereocenters. The van der Waals surface area contributed by atoms with Gasteiger partial charge in [0.15, 0.2) is 12.2 Å². The second-order valence-electron chi connectivity index (χ2n) is 1.57. The zero-order valence-electron chi connectivity index (χ0n) is 5.47. The summed E-state index contributed by atoms with van der Waals surface area (Å²) in [6.45, 7) is 0. The van der Waals surface area contributed by atoms with Gasteiger partial charge < -0.3 is 20.4 Å². The number of carboxylic acid groups (broad SMARTS) is 2. The van der Waals surface area contributed by atoms with E-state index in [-0.39, 0.29) is 43.3 Å². The standard InChI is InChI=1S/C4H6O6.Li.Sb.4H/c5-1(3(7)8)2(6)4(9)10;;;;;;/h1-2,5-6H,(H,7,8)(H,9,10);;;;;;. The Labute approximate surface area is 97.2 Å². The Morgan fingerprint density at radius 3 is 1.17 bits per heavy atom. The third-order valence-electron chi connectivity index (χ3n) is 0.805. The number of carbonyl (C=O) groups is 2. The van der Waals surface area contributed by atoms with Gasteiger partial charge in [0.05, 0.1) is 0 Å². The minimum absolute atomic E-state index is 0. The monoisotopic (exact) mass is 282 g/mol. The predicted molar refractivity (Wildman–Crippen MR) is 44.4 cm³/mol. The van der Waals surface area contributed by atoms with Gasteiger partial charge in [0.2, 0.25) is 0 Å². The van der Waals surface area contributed by atoms with E-state index in [2.05, 4.69) is 0 Å². The van der Waals surface area contributed by atoms with Crippen molar-refractivity contribution in [3.63, 3.8) is 0 Å². The first-order valence-corrected chi connectivity index (χ1v) is 2.28. The number of aliphatic carboxylic acids is 2. The summed E-state index contributed by atoms with van der Waals surface area (Å²) in [6, 6.07) is 0. The van der Waals surface area contributed by atoms with Crippen LogP contribution in [0, 0.1) is 0 Å². The second-order valence-corrected chi connectivity index (χ2v) is 1.57. The van der Waals surface area contributed by atoms with Crippen LogP contribution in [0.2, 0.25) is 0 Å². The number of aliphatic hydroxyl groups is 2. The third kappa shape index (κ3) is 5.87. The Kier molecular flexibility index (Phi) is 11.9. The normalized spacial score (nSPS) is 13.2. The van der Waals surface area contributed by atoms with Crippen molar-refractivity contribution in [2.45, 2.75) is 12.2 Å². The molecule has 0 saturated carbocycles. The van der Waals surface area contributed by atoms with E-state index in [9.17, 15) is 9.59 Å². The zero-order valence-corrected chi connectivity index (χ0v) is 9.50. The van der Waals surface area contributed by atoms with Crippen LogP contribution in [0.5, 0.6) is 0 Å². The SMILES string of the molecule is O=C(O)C(O)C(O)C(=O)O.[LiH].[SbH3]. The predicted octanol–water partition coefficient (Wildman–Crippen LogP) is -3.95. The second kappa shape index (κ2) is 7.90. The van der Waals surface area contributed by atoms with E-state index in [1.165, 1.54) is 0 Å². The van der Waals surface area contributed by atoms with Gasteiger partial charge in [0, 0.05) is 0 Å². The van der Waals surface area contributed by atoms with Gasteiger partial charge in [-0.1, -0.05) is 0 Å². The molecule has 0 aliphatic heterocycles. The summed E-state index contributed by atoms with van der Waals surface area (Å²) in [5.74, 6) is -3.54. The first-order chi connectivity index (χ1) is 4.46. The van der Waals surface area contributed by atoms with Crippen molar-refractivity contribution in [3.8, 4) is 0 Å². The molecule has 0 bridgehead atoms. The summed E-state index contributed by atoms with van der Waals surface area (Å²) in [5.41, 5.74) is 0. The van der Waals surface area contributed by atoms with Crippen molar-refractivity contribution >= 4 is 55.2 Å². The van der Waals surface area contributed by atoms with Crippen molar-refractivity contribution in [1.29, 1.82) is 0 Å². The van der Waals surface area contributed by atoms with Crippen LogP contribution in [0.1, 0.15) is 0 Å². The van der Waals surface area contributed by atoms with E-state index < -0.39 is 24.1 Å². The summed E-state index contributed by atoms with van der Waals surface area (Å²) in [6.07, 6.45) is -4.53. The summed E-state index contributed by atoms with van der Waals surface area (Å²) >= 11 is 0. The Balaban J connectivity index is -0.000000405. The summed E-state index contributed by atoms with van der Waals surface area (Å²) < 4.78 is 0. The van der Waals surface area contributed by atoms with Gasteiger partial charge in [-0.25, -0.2) is 9.59 Å². The van der Waals surface area contributed by atoms with Crippen molar-refractivity contribution in [2.24, 2.45) is 0 Å². The molecular formula is C4H10LiO6Sb. The third-order valence-corrected chi connectivity index (χ3v) is 0.805. The van der Waals surface area contributed by atoms with E-state index in [1.807, 2.05) is 0 Å². The van der Waals surface area contributed by atoms with E-state index in [0.29, 0.717) is 0 Å². The van der Waals surface area contributed by atoms with E-state index >= 15 is 0 Å². The van der Waals surface area contributed by atoms with Gasteiger partial charge in [-0.15, -0.1) is 0 Å². The number of hydrogen-bond acceptors (Lipinski definition) is 4. The molecule has 6 nitrogen and oxygen atoms in total. The Bertz CT molecular complexity index is 144. The summed E-state index contributed by atoms with van der Waals surface area (Å²) in [4.78, 5) is 19.5. The maximum absolute atomic E-state index is 9.77. The van der Waals surface area contributed by atoms with Crippen LogP contribution in [-0.4, -0.2) is 87.9 Å². The van der Waals surface area contributed by atoms with Gasteiger partial charge in [0.25, 0.3) is 0 Å². The number of aliphatic hydroxyl groups excluding tert-OH is 2. The fourth-order valence-electron chi connectivity index (χ4n) is 0.270. The topological polar surface area (TPSA) is 115 Å². The van der Waals surface area contributed by atoms with Crippen LogP contribution in [0.4, 0.5) is 0 Å². The van der Waals surface area contributed by atoms with Gasteiger partial charge in [-0.3, -0.25) is 0 Å². The molecule has 0 saturated heterocycles. The van der Waals surface area contributed by atoms with Crippen LogP contribution in [0.15, 0.2) is 0 Å². The van der Waals surface area contributed by atoms with Gasteiger partial charge >= 0.3 is 55.2 Å². The molecule has 4 N–H and O–H groups in total. The van der Waals surface area contributed by atoms with Crippen LogP contribution >= 0.6 is 0 Å². The first-order valence-electron chi connectivity index (χ1n) is 2.28. The van der Waals surface area contributed by atoms with Crippen LogP contribution in [-0.2, 0) is 9.59 Å². The van der Waals surface area contributed by atoms with Gasteiger partial charge in [-0.05, 0) is 0 Å². The quantitative estimate of drug-likeness (QED) is 0.393.